The van der Waals surface area contributed by atoms with E-state index in [-0.39, 0.29) is 19.5 Å². The first-order chi connectivity index (χ1) is 10.8. The molecular formula is C17H21F3O3RuS. The first-order valence-electron chi connectivity index (χ1n) is 7.02. The third kappa shape index (κ3) is 8.79. The molecule has 1 aliphatic rings. The summed E-state index contributed by atoms with van der Waals surface area (Å²) in [5.41, 5.74) is 0.225. The van der Waals surface area contributed by atoms with Gasteiger partial charge in [0.15, 0.2) is 10.1 Å². The summed E-state index contributed by atoms with van der Waals surface area (Å²) in [5.74, 6) is 1.47. The van der Waals surface area contributed by atoms with E-state index < -0.39 is 15.6 Å². The van der Waals surface area contributed by atoms with Crippen LogP contribution in [0.3, 0.4) is 0 Å². The van der Waals surface area contributed by atoms with Crippen LogP contribution in [0.2, 0.25) is 0 Å². The Kier molecular flexibility index (Phi) is 11.4. The van der Waals surface area contributed by atoms with E-state index in [9.17, 15) is 13.2 Å². The Labute approximate surface area is 160 Å². The molecule has 8 heteroatoms. The second kappa shape index (κ2) is 10.9. The predicted molar refractivity (Wildman–Crippen MR) is 87.9 cm³/mol. The van der Waals surface area contributed by atoms with Crippen LogP contribution in [-0.4, -0.2) is 18.5 Å². The molecule has 25 heavy (non-hydrogen) atoms. The summed E-state index contributed by atoms with van der Waals surface area (Å²) in [6.07, 6.45) is 0. The van der Waals surface area contributed by atoms with Crippen molar-refractivity contribution < 1.29 is 45.6 Å². The van der Waals surface area contributed by atoms with Crippen LogP contribution in [0.25, 0.3) is 0 Å². The van der Waals surface area contributed by atoms with E-state index in [1.54, 1.807) is 0 Å². The number of hydrogen-bond acceptors (Lipinski definition) is 3. The molecule has 0 saturated heterocycles. The molecular weight excluding hydrogens is 442 g/mol. The Balaban J connectivity index is 0. The molecule has 0 fully saturated rings. The zero-order valence-electron chi connectivity index (χ0n) is 14.6. The molecule has 1 aromatic rings. The molecule has 3 nitrogen and oxygen atoms in total. The summed E-state index contributed by atoms with van der Waals surface area (Å²) in [4.78, 5) is 0. The summed E-state index contributed by atoms with van der Waals surface area (Å²) in [5, 5.41) is 0. The first-order valence-corrected chi connectivity index (χ1v) is 8.43. The number of rotatable bonds is 0. The number of benzene rings is 1. The third-order valence-corrected chi connectivity index (χ3v) is 4.33. The quantitative estimate of drug-likeness (QED) is 0.309. The molecule has 0 atom stereocenters. The van der Waals surface area contributed by atoms with Gasteiger partial charge in [-0.3, -0.25) is 0 Å². The van der Waals surface area contributed by atoms with Gasteiger partial charge in [0.05, 0.1) is 0 Å². The summed E-state index contributed by atoms with van der Waals surface area (Å²) >= 11 is 0. The maximum atomic E-state index is 10.7. The molecule has 0 bridgehead atoms. The molecule has 0 heterocycles. The average Bonchev–Trinajstić information content (AvgIpc) is 2.66. The van der Waals surface area contributed by atoms with E-state index in [0.29, 0.717) is 0 Å². The molecule has 0 unspecified atom stereocenters. The Bertz CT molecular complexity index is 643. The van der Waals surface area contributed by atoms with Gasteiger partial charge in [-0.2, -0.15) is 13.2 Å². The van der Waals surface area contributed by atoms with Crippen LogP contribution in [0.15, 0.2) is 58.7 Å². The normalized spacial score (nSPS) is 14.9. The molecule has 0 amide bonds. The summed E-state index contributed by atoms with van der Waals surface area (Å²) in [6.45, 7) is 11.0. The number of hydrogen-bond donors (Lipinski definition) is 0. The zero-order chi connectivity index (χ0) is 19.1. The van der Waals surface area contributed by atoms with Crippen LogP contribution < -0.4 is 0 Å². The smallest absolute Gasteiger partial charge is 0.741 e. The number of alkyl halides is 3. The summed E-state index contributed by atoms with van der Waals surface area (Å²) < 4.78 is 58.9. The Morgan fingerprint density at radius 3 is 1.00 bits per heavy atom. The van der Waals surface area contributed by atoms with Gasteiger partial charge in [-0.25, -0.2) is 8.42 Å². The van der Waals surface area contributed by atoms with Gasteiger partial charge < -0.3 is 4.55 Å². The van der Waals surface area contributed by atoms with E-state index in [1.165, 1.54) is 28.2 Å². The van der Waals surface area contributed by atoms with E-state index in [0.717, 1.165) is 0 Å². The van der Waals surface area contributed by atoms with Crippen molar-refractivity contribution in [1.82, 2.24) is 0 Å². The van der Waals surface area contributed by atoms with Gasteiger partial charge in [0.25, 0.3) is 0 Å². The van der Waals surface area contributed by atoms with Crippen molar-refractivity contribution in [3.05, 3.63) is 64.6 Å². The van der Waals surface area contributed by atoms with Crippen LogP contribution in [-0.2, 0) is 29.6 Å². The van der Waals surface area contributed by atoms with Crippen LogP contribution in [0, 0.1) is 5.92 Å². The van der Waals surface area contributed by atoms with Crippen molar-refractivity contribution in [3.8, 4) is 0 Å². The standard InChI is InChI=1S/C10H15.C6H6.CHF3O3S.Ru/c1-6-7(2)9(4)10(5)8(6)3;1-2-4-6-5-3-1;2-1(3,4)8(5,6)7;/h1-5H3;1-6H;(H,5,6,7);/q;;;+1/p-1. The molecule has 0 spiro atoms. The van der Waals surface area contributed by atoms with Crippen molar-refractivity contribution in [1.29, 1.82) is 0 Å². The van der Waals surface area contributed by atoms with Crippen molar-refractivity contribution >= 4 is 10.1 Å². The minimum Gasteiger partial charge on any atom is -0.741 e. The first kappa shape index (κ1) is 26.3. The van der Waals surface area contributed by atoms with Crippen molar-refractivity contribution in [2.75, 3.05) is 0 Å². The van der Waals surface area contributed by atoms with Crippen LogP contribution in [0.1, 0.15) is 34.6 Å². The molecule has 2 rings (SSSR count). The molecule has 1 aliphatic carbocycles. The fourth-order valence-electron chi connectivity index (χ4n) is 1.79. The van der Waals surface area contributed by atoms with E-state index in [2.05, 4.69) is 34.6 Å². The van der Waals surface area contributed by atoms with E-state index in [1.807, 2.05) is 36.4 Å². The maximum absolute atomic E-state index is 10.7. The second-order valence-electron chi connectivity index (χ2n) is 5.18. The topological polar surface area (TPSA) is 57.2 Å². The minimum atomic E-state index is -6.09. The van der Waals surface area contributed by atoms with Crippen LogP contribution in [0.5, 0.6) is 0 Å². The fourth-order valence-corrected chi connectivity index (χ4v) is 1.79. The number of halogens is 3. The zero-order valence-corrected chi connectivity index (χ0v) is 17.1. The monoisotopic (exact) mass is 464 g/mol. The van der Waals surface area contributed by atoms with Gasteiger partial charge in [-0.1, -0.05) is 54.5 Å². The van der Waals surface area contributed by atoms with Gasteiger partial charge in [0, 0.05) is 5.92 Å². The molecule has 0 saturated carbocycles. The van der Waals surface area contributed by atoms with Crippen LogP contribution in [0.4, 0.5) is 13.2 Å². The molecule has 1 aromatic carbocycles. The van der Waals surface area contributed by atoms with Crippen molar-refractivity contribution in [3.63, 3.8) is 0 Å². The molecule has 0 aromatic heterocycles. The molecule has 0 aliphatic heterocycles. The van der Waals surface area contributed by atoms with Crippen LogP contribution >= 0.6 is 0 Å². The summed E-state index contributed by atoms with van der Waals surface area (Å²) in [7, 11) is -6.09. The van der Waals surface area contributed by atoms with Crippen molar-refractivity contribution in [2.24, 2.45) is 0 Å². The van der Waals surface area contributed by atoms with Gasteiger partial charge in [0.1, 0.15) is 0 Å². The Hall–Kier alpha value is -0.977. The average molecular weight is 463 g/mol. The fraction of sp³-hybridized carbons (Fsp3) is 0.353. The van der Waals surface area contributed by atoms with E-state index in [4.69, 9.17) is 13.0 Å². The molecule has 0 N–H and O–H groups in total. The minimum absolute atomic E-state index is 0. The maximum Gasteiger partial charge on any atom is 1.00 e. The molecule has 142 valence electrons. The largest absolute Gasteiger partial charge is 1.00 e. The Morgan fingerprint density at radius 2 is 0.920 bits per heavy atom. The van der Waals surface area contributed by atoms with Crippen molar-refractivity contribution in [2.45, 2.75) is 40.1 Å². The van der Waals surface area contributed by atoms with E-state index >= 15 is 0 Å². The summed E-state index contributed by atoms with van der Waals surface area (Å²) in [6, 6.07) is 12.0. The van der Waals surface area contributed by atoms with Gasteiger partial charge in [-0.15, -0.1) is 0 Å². The predicted octanol–water partition coefficient (Wildman–Crippen LogP) is 5.00. The SMILES string of the molecule is C[C]1C(C)=C(C)C(C)=C1C.O=S(=O)([O-])C(F)(F)F.[Ru+].c1ccccc1. The third-order valence-electron chi connectivity index (χ3n) is 3.76. The van der Waals surface area contributed by atoms with Gasteiger partial charge >= 0.3 is 25.0 Å². The van der Waals surface area contributed by atoms with Gasteiger partial charge in [0.2, 0.25) is 0 Å². The Morgan fingerprint density at radius 1 is 0.720 bits per heavy atom. The molecule has 2 radical (unpaired) electrons. The van der Waals surface area contributed by atoms with Gasteiger partial charge in [-0.05, 0) is 38.8 Å². The second-order valence-corrected chi connectivity index (χ2v) is 6.55. The number of allylic oxidation sites excluding steroid dienone is 4.